The van der Waals surface area contributed by atoms with Gasteiger partial charge < -0.3 is 9.88 Å². The number of benzene rings is 1. The number of fused-ring (bicyclic) bond motifs is 1. The highest BCUT2D eigenvalue weighted by Gasteiger charge is 2.25. The van der Waals surface area contributed by atoms with Crippen LogP contribution in [0, 0.1) is 0 Å². The second-order valence-electron chi connectivity index (χ2n) is 8.04. The fraction of sp³-hybridized carbons (Fsp3) is 0.200. The molecule has 0 aliphatic carbocycles. The molecular weight excluding hydrogens is 416 g/mol. The zero-order valence-electron chi connectivity index (χ0n) is 17.5. The maximum atomic E-state index is 5.05. The van der Waals surface area contributed by atoms with E-state index in [1.807, 2.05) is 36.8 Å². The highest BCUT2D eigenvalue weighted by Crippen LogP contribution is 2.39. The molecule has 1 fully saturated rings. The normalized spacial score (nSPS) is 14.8. The van der Waals surface area contributed by atoms with Crippen LogP contribution in [0.5, 0.6) is 0 Å². The van der Waals surface area contributed by atoms with Gasteiger partial charge in [0.2, 0.25) is 0 Å². The zero-order chi connectivity index (χ0) is 21.3. The van der Waals surface area contributed by atoms with Crippen molar-refractivity contribution in [3.63, 3.8) is 0 Å². The van der Waals surface area contributed by atoms with Gasteiger partial charge in [-0.3, -0.25) is 4.98 Å². The van der Waals surface area contributed by atoms with Crippen LogP contribution >= 0.6 is 11.3 Å². The lowest BCUT2D eigenvalue weighted by molar-refractivity contribution is 0.487. The fourth-order valence-electron chi connectivity index (χ4n) is 4.38. The van der Waals surface area contributed by atoms with Crippen molar-refractivity contribution >= 4 is 27.4 Å². The molecule has 7 heteroatoms. The van der Waals surface area contributed by atoms with E-state index in [0.29, 0.717) is 5.92 Å². The molecule has 0 radical (unpaired) electrons. The van der Waals surface area contributed by atoms with E-state index in [1.54, 1.807) is 17.5 Å². The summed E-state index contributed by atoms with van der Waals surface area (Å²) in [6, 6.07) is 16.7. The summed E-state index contributed by atoms with van der Waals surface area (Å²) in [6.45, 7) is 1.89. The lowest BCUT2D eigenvalue weighted by Crippen LogP contribution is -2.34. The first-order valence-electron chi connectivity index (χ1n) is 10.9. The maximum Gasteiger partial charge on any atom is 0.164 e. The third kappa shape index (κ3) is 3.54. The predicted octanol–water partition coefficient (Wildman–Crippen LogP) is 5.53. The van der Waals surface area contributed by atoms with Crippen LogP contribution in [0.3, 0.4) is 0 Å². The Kier molecular flexibility index (Phi) is 4.88. The Balaban J connectivity index is 1.41. The topological polar surface area (TPSA) is 70.6 Å². The average molecular weight is 439 g/mol. The van der Waals surface area contributed by atoms with E-state index in [4.69, 9.17) is 9.97 Å². The molecule has 4 aromatic heterocycles. The van der Waals surface area contributed by atoms with Gasteiger partial charge in [-0.25, -0.2) is 15.0 Å². The Labute approximate surface area is 190 Å². The van der Waals surface area contributed by atoms with Gasteiger partial charge in [-0.05, 0) is 36.6 Å². The number of thiophene rings is 1. The van der Waals surface area contributed by atoms with Crippen molar-refractivity contribution in [3.05, 3.63) is 79.1 Å². The molecule has 0 amide bonds. The van der Waals surface area contributed by atoms with Crippen LogP contribution in [0.2, 0.25) is 0 Å². The first-order valence-corrected chi connectivity index (χ1v) is 11.7. The number of imidazole rings is 1. The molecule has 6 rings (SSSR count). The maximum absolute atomic E-state index is 5.05. The molecule has 0 atom stereocenters. The van der Waals surface area contributed by atoms with Crippen LogP contribution in [-0.4, -0.2) is 38.0 Å². The fourth-order valence-corrected chi connectivity index (χ4v) is 5.41. The van der Waals surface area contributed by atoms with Crippen molar-refractivity contribution in [3.8, 4) is 21.8 Å². The van der Waals surface area contributed by atoms with Crippen molar-refractivity contribution in [2.45, 2.75) is 18.8 Å². The van der Waals surface area contributed by atoms with E-state index in [0.717, 1.165) is 59.2 Å². The zero-order valence-corrected chi connectivity index (χ0v) is 18.3. The molecule has 5 aromatic rings. The van der Waals surface area contributed by atoms with Crippen LogP contribution < -0.4 is 4.90 Å². The Morgan fingerprint density at radius 1 is 0.938 bits per heavy atom. The first-order chi connectivity index (χ1) is 15.8. The molecule has 0 saturated carbocycles. The van der Waals surface area contributed by atoms with Gasteiger partial charge in [0, 0.05) is 54.2 Å². The van der Waals surface area contributed by atoms with Gasteiger partial charge in [0.25, 0.3) is 0 Å². The molecule has 1 saturated heterocycles. The van der Waals surface area contributed by atoms with Crippen LogP contribution in [-0.2, 0) is 0 Å². The second-order valence-corrected chi connectivity index (χ2v) is 9.07. The number of hydrogen-bond acceptors (Lipinski definition) is 6. The largest absolute Gasteiger partial charge is 0.356 e. The van der Waals surface area contributed by atoms with Crippen molar-refractivity contribution in [1.29, 1.82) is 0 Å². The minimum atomic E-state index is 0.471. The summed E-state index contributed by atoms with van der Waals surface area (Å²) < 4.78 is 0. The van der Waals surface area contributed by atoms with E-state index < -0.39 is 0 Å². The van der Waals surface area contributed by atoms with Crippen molar-refractivity contribution in [2.75, 3.05) is 18.0 Å². The van der Waals surface area contributed by atoms with E-state index in [2.05, 4.69) is 50.2 Å². The van der Waals surface area contributed by atoms with Crippen LogP contribution in [0.15, 0.2) is 73.3 Å². The molecule has 0 bridgehead atoms. The van der Waals surface area contributed by atoms with Gasteiger partial charge in [0.15, 0.2) is 5.82 Å². The minimum Gasteiger partial charge on any atom is -0.356 e. The lowest BCUT2D eigenvalue weighted by atomic mass is 9.96. The number of aromatic nitrogens is 5. The summed E-state index contributed by atoms with van der Waals surface area (Å²) in [4.78, 5) is 26.6. The molecule has 6 nitrogen and oxygen atoms in total. The quantitative estimate of drug-likeness (QED) is 0.400. The number of aromatic amines is 1. The molecule has 158 valence electrons. The standard InChI is InChI=1S/C25H22N6S/c1-2-5-17(6-3-1)21-15-20-24(31-13-8-18(9-14-31)22-27-11-12-28-22)29-23(30-25(20)32-21)19-7-4-10-26-16-19/h1-7,10-12,15-16,18H,8-9,13-14H2,(H,27,28). The molecule has 1 N–H and O–H groups in total. The summed E-state index contributed by atoms with van der Waals surface area (Å²) in [7, 11) is 0. The Morgan fingerprint density at radius 3 is 2.53 bits per heavy atom. The second kappa shape index (κ2) is 8.16. The summed E-state index contributed by atoms with van der Waals surface area (Å²) >= 11 is 1.72. The average Bonchev–Trinajstić information content (AvgIpc) is 3.55. The molecule has 32 heavy (non-hydrogen) atoms. The Morgan fingerprint density at radius 2 is 1.78 bits per heavy atom. The predicted molar refractivity (Wildman–Crippen MR) is 129 cm³/mol. The molecule has 0 spiro atoms. The summed E-state index contributed by atoms with van der Waals surface area (Å²) in [5, 5.41) is 1.12. The molecule has 1 aliphatic rings. The summed E-state index contributed by atoms with van der Waals surface area (Å²) in [6.07, 6.45) is 9.47. The molecule has 1 aliphatic heterocycles. The molecular formula is C25H22N6S. The van der Waals surface area contributed by atoms with E-state index in [9.17, 15) is 0 Å². The number of piperidine rings is 1. The van der Waals surface area contributed by atoms with Gasteiger partial charge in [-0.1, -0.05) is 30.3 Å². The van der Waals surface area contributed by atoms with E-state index >= 15 is 0 Å². The van der Waals surface area contributed by atoms with Gasteiger partial charge in [0.05, 0.1) is 5.39 Å². The van der Waals surface area contributed by atoms with Crippen molar-refractivity contribution in [2.24, 2.45) is 0 Å². The summed E-state index contributed by atoms with van der Waals surface area (Å²) in [5.74, 6) is 3.31. The number of nitrogens with one attached hydrogen (secondary N) is 1. The SMILES string of the molecule is c1ccc(-c2cc3c(N4CCC(c5ncc[nH]5)CC4)nc(-c4cccnc4)nc3s2)cc1. The first kappa shape index (κ1) is 19.1. The van der Waals surface area contributed by atoms with Gasteiger partial charge in [-0.2, -0.15) is 0 Å². The summed E-state index contributed by atoms with van der Waals surface area (Å²) in [5.41, 5.74) is 2.15. The van der Waals surface area contributed by atoms with Crippen LogP contribution in [0.1, 0.15) is 24.6 Å². The van der Waals surface area contributed by atoms with Crippen LogP contribution in [0.25, 0.3) is 32.0 Å². The number of rotatable bonds is 4. The number of H-pyrrole nitrogens is 1. The third-order valence-electron chi connectivity index (χ3n) is 6.05. The third-order valence-corrected chi connectivity index (χ3v) is 7.13. The van der Waals surface area contributed by atoms with Crippen LogP contribution in [0.4, 0.5) is 5.82 Å². The molecule has 0 unspecified atom stereocenters. The number of hydrogen-bond donors (Lipinski definition) is 1. The number of pyridine rings is 1. The van der Waals surface area contributed by atoms with Crippen molar-refractivity contribution < 1.29 is 0 Å². The smallest absolute Gasteiger partial charge is 0.164 e. The molecule has 5 heterocycles. The van der Waals surface area contributed by atoms with Gasteiger partial charge >= 0.3 is 0 Å². The Hall–Kier alpha value is -3.58. The van der Waals surface area contributed by atoms with Crippen molar-refractivity contribution in [1.82, 2.24) is 24.9 Å². The van der Waals surface area contributed by atoms with Gasteiger partial charge in [-0.15, -0.1) is 11.3 Å². The Bertz CT molecular complexity index is 1320. The monoisotopic (exact) mass is 438 g/mol. The van der Waals surface area contributed by atoms with E-state index in [-0.39, 0.29) is 0 Å². The van der Waals surface area contributed by atoms with Gasteiger partial charge in [0.1, 0.15) is 16.5 Å². The lowest BCUT2D eigenvalue weighted by Gasteiger charge is -2.32. The number of anilines is 1. The molecule has 1 aromatic carbocycles. The van der Waals surface area contributed by atoms with E-state index in [1.165, 1.54) is 10.4 Å². The highest BCUT2D eigenvalue weighted by molar-refractivity contribution is 7.22. The highest BCUT2D eigenvalue weighted by atomic mass is 32.1. The number of nitrogens with zero attached hydrogens (tertiary/aromatic N) is 5. The minimum absolute atomic E-state index is 0.471.